The lowest BCUT2D eigenvalue weighted by molar-refractivity contribution is -0.136. The SMILES string of the molecule is COc1cc(/C=C(\C#N)C(=O)NCc2ccccc2)ccc1OC(=O)COc1cc(Cl)ccc1Cl. The predicted molar refractivity (Wildman–Crippen MR) is 132 cm³/mol. The topological polar surface area (TPSA) is 97.6 Å². The maximum atomic E-state index is 12.4. The van der Waals surface area contributed by atoms with E-state index in [9.17, 15) is 14.9 Å². The molecule has 3 aromatic rings. The zero-order valence-electron chi connectivity index (χ0n) is 18.6. The van der Waals surface area contributed by atoms with Crippen molar-refractivity contribution in [2.24, 2.45) is 0 Å². The van der Waals surface area contributed by atoms with Crippen LogP contribution in [0, 0.1) is 11.3 Å². The Morgan fingerprint density at radius 3 is 2.49 bits per heavy atom. The normalized spacial score (nSPS) is 10.7. The number of methoxy groups -OCH3 is 1. The zero-order valence-corrected chi connectivity index (χ0v) is 20.1. The van der Waals surface area contributed by atoms with Crippen LogP contribution in [0.15, 0.2) is 72.3 Å². The number of nitrogens with one attached hydrogen (secondary N) is 1. The summed E-state index contributed by atoms with van der Waals surface area (Å²) in [5.74, 6) is -0.584. The lowest BCUT2D eigenvalue weighted by Crippen LogP contribution is -2.23. The van der Waals surface area contributed by atoms with E-state index in [2.05, 4.69) is 5.32 Å². The highest BCUT2D eigenvalue weighted by Crippen LogP contribution is 2.30. The lowest BCUT2D eigenvalue weighted by Gasteiger charge is -2.11. The quantitative estimate of drug-likeness (QED) is 0.183. The molecule has 0 heterocycles. The van der Waals surface area contributed by atoms with Crippen molar-refractivity contribution in [3.8, 4) is 23.3 Å². The molecule has 0 aliphatic carbocycles. The number of nitrogens with zero attached hydrogens (tertiary/aromatic N) is 1. The molecular weight excluding hydrogens is 491 g/mol. The summed E-state index contributed by atoms with van der Waals surface area (Å²) in [7, 11) is 1.40. The first kappa shape index (κ1) is 25.6. The van der Waals surface area contributed by atoms with Gasteiger partial charge in [-0.25, -0.2) is 4.79 Å². The molecule has 0 spiro atoms. The van der Waals surface area contributed by atoms with Crippen LogP contribution in [0.5, 0.6) is 17.2 Å². The van der Waals surface area contributed by atoms with Crippen LogP contribution in [0.25, 0.3) is 6.08 Å². The van der Waals surface area contributed by atoms with Crippen molar-refractivity contribution in [1.82, 2.24) is 5.32 Å². The summed E-state index contributed by atoms with van der Waals surface area (Å²) in [4.78, 5) is 24.7. The number of nitriles is 1. The molecule has 0 aliphatic heterocycles. The molecule has 3 rings (SSSR count). The second-order valence-electron chi connectivity index (χ2n) is 7.09. The molecule has 3 aromatic carbocycles. The van der Waals surface area contributed by atoms with E-state index in [-0.39, 0.29) is 22.8 Å². The van der Waals surface area contributed by atoms with Gasteiger partial charge in [-0.2, -0.15) is 5.26 Å². The molecule has 0 saturated heterocycles. The van der Waals surface area contributed by atoms with Gasteiger partial charge in [0, 0.05) is 17.6 Å². The minimum absolute atomic E-state index is 0.0838. The molecule has 0 atom stereocenters. The van der Waals surface area contributed by atoms with E-state index < -0.39 is 18.5 Å². The van der Waals surface area contributed by atoms with Crippen LogP contribution in [0.2, 0.25) is 10.0 Å². The van der Waals surface area contributed by atoms with E-state index in [1.165, 1.54) is 25.3 Å². The average molecular weight is 511 g/mol. The molecule has 1 amide bonds. The monoisotopic (exact) mass is 510 g/mol. The van der Waals surface area contributed by atoms with Crippen molar-refractivity contribution in [3.05, 3.63) is 93.5 Å². The van der Waals surface area contributed by atoms with Gasteiger partial charge in [0.05, 0.1) is 12.1 Å². The smallest absolute Gasteiger partial charge is 0.349 e. The van der Waals surface area contributed by atoms with Gasteiger partial charge in [-0.15, -0.1) is 0 Å². The standard InChI is InChI=1S/C26H20Cl2N2O5/c1-33-24-12-18(11-19(14-29)26(32)30-15-17-5-3-2-4-6-17)7-10-22(24)35-25(31)16-34-23-13-20(27)8-9-21(23)28/h2-13H,15-16H2,1H3,(H,30,32)/b19-11+. The second kappa shape index (κ2) is 12.5. The number of hydrogen-bond donors (Lipinski definition) is 1. The van der Waals surface area contributed by atoms with Gasteiger partial charge >= 0.3 is 5.97 Å². The number of carbonyl (C=O) groups excluding carboxylic acids is 2. The van der Waals surface area contributed by atoms with Gasteiger partial charge in [0.2, 0.25) is 0 Å². The molecule has 0 radical (unpaired) electrons. The number of benzene rings is 3. The maximum absolute atomic E-state index is 12.4. The number of amides is 1. The van der Waals surface area contributed by atoms with E-state index in [1.807, 2.05) is 36.4 Å². The van der Waals surface area contributed by atoms with Crippen LogP contribution in [0.1, 0.15) is 11.1 Å². The highest BCUT2D eigenvalue weighted by atomic mass is 35.5. The van der Waals surface area contributed by atoms with Crippen LogP contribution >= 0.6 is 23.2 Å². The first-order valence-electron chi connectivity index (χ1n) is 10.3. The number of hydrogen-bond acceptors (Lipinski definition) is 6. The highest BCUT2D eigenvalue weighted by Gasteiger charge is 2.14. The molecular formula is C26H20Cl2N2O5. The van der Waals surface area contributed by atoms with Gasteiger partial charge in [-0.3, -0.25) is 4.79 Å². The van der Waals surface area contributed by atoms with E-state index in [1.54, 1.807) is 24.3 Å². The minimum atomic E-state index is -0.694. The fourth-order valence-corrected chi connectivity index (χ4v) is 3.26. The Morgan fingerprint density at radius 2 is 1.77 bits per heavy atom. The Balaban J connectivity index is 1.65. The third-order valence-electron chi connectivity index (χ3n) is 4.62. The molecule has 178 valence electrons. The van der Waals surface area contributed by atoms with Gasteiger partial charge in [0.25, 0.3) is 5.91 Å². The molecule has 9 heteroatoms. The predicted octanol–water partition coefficient (Wildman–Crippen LogP) is 5.21. The molecule has 7 nitrogen and oxygen atoms in total. The van der Waals surface area contributed by atoms with Gasteiger partial charge in [-0.1, -0.05) is 59.6 Å². The van der Waals surface area contributed by atoms with E-state index in [0.29, 0.717) is 22.2 Å². The number of halogens is 2. The van der Waals surface area contributed by atoms with Crippen molar-refractivity contribution in [3.63, 3.8) is 0 Å². The lowest BCUT2D eigenvalue weighted by atomic mass is 10.1. The number of ether oxygens (including phenoxy) is 3. The molecule has 0 aromatic heterocycles. The van der Waals surface area contributed by atoms with Crippen LogP contribution < -0.4 is 19.5 Å². The summed E-state index contributed by atoms with van der Waals surface area (Å²) in [5.41, 5.74) is 1.34. The Labute approximate surface area is 212 Å². The van der Waals surface area contributed by atoms with Gasteiger partial charge < -0.3 is 19.5 Å². The minimum Gasteiger partial charge on any atom is -0.493 e. The maximum Gasteiger partial charge on any atom is 0.349 e. The Morgan fingerprint density at radius 1 is 1.00 bits per heavy atom. The second-order valence-corrected chi connectivity index (χ2v) is 7.93. The van der Waals surface area contributed by atoms with Crippen molar-refractivity contribution in [1.29, 1.82) is 5.26 Å². The number of rotatable bonds is 9. The molecule has 0 fully saturated rings. The molecule has 0 bridgehead atoms. The van der Waals surface area contributed by atoms with Crippen LogP contribution in [-0.4, -0.2) is 25.6 Å². The van der Waals surface area contributed by atoms with E-state index in [4.69, 9.17) is 37.4 Å². The van der Waals surface area contributed by atoms with Crippen LogP contribution in [-0.2, 0) is 16.1 Å². The Bertz CT molecular complexity index is 1290. The van der Waals surface area contributed by atoms with Crippen molar-refractivity contribution >= 4 is 41.2 Å². The van der Waals surface area contributed by atoms with Crippen LogP contribution in [0.3, 0.4) is 0 Å². The Hall–Kier alpha value is -3.99. The zero-order chi connectivity index (χ0) is 25.2. The van der Waals surface area contributed by atoms with Crippen molar-refractivity contribution < 1.29 is 23.8 Å². The van der Waals surface area contributed by atoms with Crippen molar-refractivity contribution in [2.45, 2.75) is 6.54 Å². The average Bonchev–Trinajstić information content (AvgIpc) is 2.87. The van der Waals surface area contributed by atoms with Gasteiger partial charge in [0.15, 0.2) is 18.1 Å². The first-order valence-corrected chi connectivity index (χ1v) is 11.1. The van der Waals surface area contributed by atoms with E-state index in [0.717, 1.165) is 5.56 Å². The third kappa shape index (κ3) is 7.51. The molecule has 0 unspecified atom stereocenters. The largest absolute Gasteiger partial charge is 0.493 e. The molecule has 1 N–H and O–H groups in total. The fraction of sp³-hybridized carbons (Fsp3) is 0.115. The van der Waals surface area contributed by atoms with Crippen LogP contribution in [0.4, 0.5) is 0 Å². The summed E-state index contributed by atoms with van der Waals surface area (Å²) in [6, 6.07) is 20.5. The molecule has 35 heavy (non-hydrogen) atoms. The number of esters is 1. The van der Waals surface area contributed by atoms with Crippen molar-refractivity contribution in [2.75, 3.05) is 13.7 Å². The fourth-order valence-electron chi connectivity index (χ4n) is 2.92. The summed E-state index contributed by atoms with van der Waals surface area (Å²) >= 11 is 11.9. The summed E-state index contributed by atoms with van der Waals surface area (Å²) in [5, 5.41) is 12.9. The summed E-state index contributed by atoms with van der Waals surface area (Å²) in [6.07, 6.45) is 1.42. The Kier molecular flexibility index (Phi) is 9.13. The highest BCUT2D eigenvalue weighted by molar-refractivity contribution is 6.34. The van der Waals surface area contributed by atoms with E-state index >= 15 is 0 Å². The number of carbonyl (C=O) groups is 2. The van der Waals surface area contributed by atoms with Gasteiger partial charge in [0.1, 0.15) is 17.4 Å². The summed E-state index contributed by atoms with van der Waals surface area (Å²) in [6.45, 7) is -0.121. The van der Waals surface area contributed by atoms with Gasteiger partial charge in [-0.05, 0) is 41.5 Å². The molecule has 0 saturated carbocycles. The first-order chi connectivity index (χ1) is 16.9. The molecule has 0 aliphatic rings. The summed E-state index contributed by atoms with van der Waals surface area (Å²) < 4.78 is 16.0. The third-order valence-corrected chi connectivity index (χ3v) is 5.17.